The Hall–Kier alpha value is -0.610. The fourth-order valence-electron chi connectivity index (χ4n) is 3.03. The molecule has 0 bridgehead atoms. The number of piperidine rings is 1. The Labute approximate surface area is 96.8 Å². The molecule has 0 radical (unpaired) electrons. The van der Waals surface area contributed by atoms with Crippen molar-refractivity contribution in [2.45, 2.75) is 50.7 Å². The third-order valence-corrected chi connectivity index (χ3v) is 4.09. The SMILES string of the molecule is NC(=O)C1CCN([C@H]2CCCC[C@@H]2O)CC1. The summed E-state index contributed by atoms with van der Waals surface area (Å²) in [7, 11) is 0. The van der Waals surface area contributed by atoms with Gasteiger partial charge in [0.25, 0.3) is 0 Å². The second-order valence-corrected chi connectivity index (χ2v) is 5.13. The Morgan fingerprint density at radius 2 is 1.75 bits per heavy atom. The van der Waals surface area contributed by atoms with Crippen LogP contribution >= 0.6 is 0 Å². The predicted molar refractivity (Wildman–Crippen MR) is 61.8 cm³/mol. The number of primary amides is 1. The van der Waals surface area contributed by atoms with Crippen molar-refractivity contribution >= 4 is 5.91 Å². The van der Waals surface area contributed by atoms with Crippen LogP contribution in [0.25, 0.3) is 0 Å². The first-order valence-electron chi connectivity index (χ1n) is 6.40. The van der Waals surface area contributed by atoms with Crippen LogP contribution in [0.3, 0.4) is 0 Å². The fourth-order valence-corrected chi connectivity index (χ4v) is 3.03. The second kappa shape index (κ2) is 5.15. The highest BCUT2D eigenvalue weighted by Crippen LogP contribution is 2.27. The molecule has 1 heterocycles. The molecule has 2 atom stereocenters. The minimum Gasteiger partial charge on any atom is -0.391 e. The quantitative estimate of drug-likeness (QED) is 0.720. The highest BCUT2D eigenvalue weighted by Gasteiger charge is 2.32. The van der Waals surface area contributed by atoms with Crippen molar-refractivity contribution in [3.8, 4) is 0 Å². The number of hydrogen-bond acceptors (Lipinski definition) is 3. The molecule has 2 aliphatic rings. The first-order chi connectivity index (χ1) is 7.68. The van der Waals surface area contributed by atoms with Crippen LogP contribution in [0, 0.1) is 5.92 Å². The molecule has 16 heavy (non-hydrogen) atoms. The Kier molecular flexibility index (Phi) is 3.82. The van der Waals surface area contributed by atoms with Gasteiger partial charge in [0, 0.05) is 12.0 Å². The number of nitrogens with zero attached hydrogens (tertiary/aromatic N) is 1. The summed E-state index contributed by atoms with van der Waals surface area (Å²) in [6, 6.07) is 0.322. The maximum atomic E-state index is 11.1. The molecule has 4 heteroatoms. The lowest BCUT2D eigenvalue weighted by atomic mass is 9.88. The molecule has 0 aromatic heterocycles. The van der Waals surface area contributed by atoms with Crippen LogP contribution in [-0.4, -0.2) is 41.1 Å². The molecular weight excluding hydrogens is 204 g/mol. The van der Waals surface area contributed by atoms with E-state index in [1.807, 2.05) is 0 Å². The average molecular weight is 226 g/mol. The molecule has 2 rings (SSSR count). The molecule has 1 saturated carbocycles. The van der Waals surface area contributed by atoms with Crippen LogP contribution in [0.2, 0.25) is 0 Å². The molecule has 0 unspecified atom stereocenters. The number of aliphatic hydroxyl groups is 1. The Morgan fingerprint density at radius 1 is 1.12 bits per heavy atom. The summed E-state index contributed by atoms with van der Waals surface area (Å²) in [4.78, 5) is 13.4. The van der Waals surface area contributed by atoms with E-state index in [0.29, 0.717) is 6.04 Å². The van der Waals surface area contributed by atoms with E-state index in [1.165, 1.54) is 6.42 Å². The van der Waals surface area contributed by atoms with Crippen LogP contribution in [0.1, 0.15) is 38.5 Å². The fraction of sp³-hybridized carbons (Fsp3) is 0.917. The van der Waals surface area contributed by atoms with Gasteiger partial charge >= 0.3 is 0 Å². The van der Waals surface area contributed by atoms with E-state index in [-0.39, 0.29) is 17.9 Å². The Balaban J connectivity index is 1.85. The van der Waals surface area contributed by atoms with Gasteiger partial charge in [-0.25, -0.2) is 0 Å². The van der Waals surface area contributed by atoms with Crippen molar-refractivity contribution in [3.05, 3.63) is 0 Å². The topological polar surface area (TPSA) is 66.6 Å². The van der Waals surface area contributed by atoms with E-state index >= 15 is 0 Å². The number of carbonyl (C=O) groups excluding carboxylic acids is 1. The van der Waals surface area contributed by atoms with Crippen molar-refractivity contribution in [2.24, 2.45) is 11.7 Å². The first kappa shape index (κ1) is 11.9. The lowest BCUT2D eigenvalue weighted by Gasteiger charge is -2.41. The molecule has 0 aromatic rings. The zero-order valence-corrected chi connectivity index (χ0v) is 9.77. The van der Waals surface area contributed by atoms with Gasteiger partial charge in [-0.3, -0.25) is 9.69 Å². The van der Waals surface area contributed by atoms with Crippen molar-refractivity contribution in [3.63, 3.8) is 0 Å². The Bertz CT molecular complexity index is 249. The van der Waals surface area contributed by atoms with Crippen molar-refractivity contribution in [1.82, 2.24) is 4.90 Å². The van der Waals surface area contributed by atoms with Gasteiger partial charge in [0.1, 0.15) is 0 Å². The minimum absolute atomic E-state index is 0.0528. The summed E-state index contributed by atoms with van der Waals surface area (Å²) >= 11 is 0. The van der Waals surface area contributed by atoms with E-state index in [4.69, 9.17) is 5.73 Å². The molecule has 1 saturated heterocycles. The van der Waals surface area contributed by atoms with Crippen molar-refractivity contribution in [2.75, 3.05) is 13.1 Å². The highest BCUT2D eigenvalue weighted by molar-refractivity contribution is 5.76. The number of carbonyl (C=O) groups is 1. The summed E-state index contributed by atoms with van der Waals surface area (Å²) in [6.45, 7) is 1.82. The third-order valence-electron chi connectivity index (χ3n) is 4.09. The summed E-state index contributed by atoms with van der Waals surface area (Å²) < 4.78 is 0. The molecule has 1 aliphatic heterocycles. The third kappa shape index (κ3) is 2.55. The lowest BCUT2D eigenvalue weighted by Crippen LogP contribution is -2.49. The van der Waals surface area contributed by atoms with Gasteiger partial charge in [0.2, 0.25) is 5.91 Å². The largest absolute Gasteiger partial charge is 0.391 e. The average Bonchev–Trinajstić information content (AvgIpc) is 2.30. The zero-order chi connectivity index (χ0) is 11.5. The maximum absolute atomic E-state index is 11.1. The van der Waals surface area contributed by atoms with Crippen LogP contribution in [0.15, 0.2) is 0 Å². The van der Waals surface area contributed by atoms with Gasteiger partial charge in [-0.05, 0) is 38.8 Å². The molecule has 0 spiro atoms. The van der Waals surface area contributed by atoms with Crippen LogP contribution < -0.4 is 5.73 Å². The number of likely N-dealkylation sites (tertiary alicyclic amines) is 1. The number of aliphatic hydroxyl groups excluding tert-OH is 1. The standard InChI is InChI=1S/C12H22N2O2/c13-12(16)9-5-7-14(8-6-9)10-3-1-2-4-11(10)15/h9-11,15H,1-8H2,(H2,13,16)/t10-,11-/m0/s1. The number of amides is 1. The highest BCUT2D eigenvalue weighted by atomic mass is 16.3. The van der Waals surface area contributed by atoms with Crippen LogP contribution in [-0.2, 0) is 4.79 Å². The molecule has 1 amide bonds. The summed E-state index contributed by atoms with van der Waals surface area (Å²) in [5.41, 5.74) is 5.31. The van der Waals surface area contributed by atoms with Gasteiger partial charge in [0.15, 0.2) is 0 Å². The van der Waals surface area contributed by atoms with Gasteiger partial charge in [-0.15, -0.1) is 0 Å². The number of nitrogens with two attached hydrogens (primary N) is 1. The molecule has 4 nitrogen and oxygen atoms in total. The maximum Gasteiger partial charge on any atom is 0.220 e. The summed E-state index contributed by atoms with van der Waals surface area (Å²) in [5.74, 6) is -0.110. The first-order valence-corrected chi connectivity index (χ1v) is 6.40. The summed E-state index contributed by atoms with van der Waals surface area (Å²) in [5, 5.41) is 9.96. The van der Waals surface area contributed by atoms with Crippen LogP contribution in [0.4, 0.5) is 0 Å². The van der Waals surface area contributed by atoms with Gasteiger partial charge in [-0.1, -0.05) is 12.8 Å². The van der Waals surface area contributed by atoms with Gasteiger partial charge in [0.05, 0.1) is 6.10 Å². The van der Waals surface area contributed by atoms with E-state index < -0.39 is 0 Å². The minimum atomic E-state index is -0.168. The smallest absolute Gasteiger partial charge is 0.220 e. The monoisotopic (exact) mass is 226 g/mol. The van der Waals surface area contributed by atoms with Crippen LogP contribution in [0.5, 0.6) is 0 Å². The zero-order valence-electron chi connectivity index (χ0n) is 9.77. The van der Waals surface area contributed by atoms with E-state index in [9.17, 15) is 9.90 Å². The van der Waals surface area contributed by atoms with E-state index in [1.54, 1.807) is 0 Å². The van der Waals surface area contributed by atoms with Gasteiger partial charge in [-0.2, -0.15) is 0 Å². The van der Waals surface area contributed by atoms with E-state index in [2.05, 4.69) is 4.90 Å². The Morgan fingerprint density at radius 3 is 2.31 bits per heavy atom. The molecule has 92 valence electrons. The molecule has 1 aliphatic carbocycles. The number of hydrogen-bond donors (Lipinski definition) is 2. The molecule has 3 N–H and O–H groups in total. The predicted octanol–water partition coefficient (Wildman–Crippen LogP) is 0.487. The summed E-state index contributed by atoms with van der Waals surface area (Å²) in [6.07, 6.45) is 5.95. The van der Waals surface area contributed by atoms with Gasteiger partial charge < -0.3 is 10.8 Å². The number of rotatable bonds is 2. The molecule has 2 fully saturated rings. The normalized spacial score (nSPS) is 33.8. The molecule has 0 aromatic carbocycles. The van der Waals surface area contributed by atoms with Crippen molar-refractivity contribution in [1.29, 1.82) is 0 Å². The second-order valence-electron chi connectivity index (χ2n) is 5.13. The molecular formula is C12H22N2O2. The van der Waals surface area contributed by atoms with Crippen molar-refractivity contribution < 1.29 is 9.90 Å². The van der Waals surface area contributed by atoms with E-state index in [0.717, 1.165) is 45.2 Å². The lowest BCUT2D eigenvalue weighted by molar-refractivity contribution is -0.123.